The molecular formula is C13H19NO3S2. The van der Waals surface area contributed by atoms with Gasteiger partial charge in [-0.25, -0.2) is 8.42 Å². The fourth-order valence-corrected chi connectivity index (χ4v) is 2.66. The summed E-state index contributed by atoms with van der Waals surface area (Å²) >= 11 is 1.65. The zero-order valence-corrected chi connectivity index (χ0v) is 13.0. The Bertz CT molecular complexity index is 523. The number of benzene rings is 1. The summed E-state index contributed by atoms with van der Waals surface area (Å²) in [6.07, 6.45) is 2.00. The lowest BCUT2D eigenvalue weighted by atomic mass is 10.1. The monoisotopic (exact) mass is 301 g/mol. The van der Waals surface area contributed by atoms with E-state index in [1.54, 1.807) is 11.8 Å². The van der Waals surface area contributed by atoms with Gasteiger partial charge in [-0.2, -0.15) is 0 Å². The van der Waals surface area contributed by atoms with Crippen LogP contribution < -0.4 is 5.32 Å². The molecule has 19 heavy (non-hydrogen) atoms. The van der Waals surface area contributed by atoms with Gasteiger partial charge in [0, 0.05) is 10.6 Å². The van der Waals surface area contributed by atoms with Crippen molar-refractivity contribution in [2.75, 3.05) is 17.8 Å². The Morgan fingerprint density at radius 2 is 1.89 bits per heavy atom. The molecule has 0 saturated carbocycles. The maximum Gasteiger partial charge on any atom is 0.235 e. The average molecular weight is 301 g/mol. The van der Waals surface area contributed by atoms with Gasteiger partial charge in [0.1, 0.15) is 5.75 Å². The van der Waals surface area contributed by atoms with Gasteiger partial charge in [0.25, 0.3) is 0 Å². The van der Waals surface area contributed by atoms with Crippen molar-refractivity contribution < 1.29 is 13.2 Å². The third kappa shape index (κ3) is 5.24. The summed E-state index contributed by atoms with van der Waals surface area (Å²) in [7, 11) is -3.27. The summed E-state index contributed by atoms with van der Waals surface area (Å²) in [6.45, 7) is 3.37. The van der Waals surface area contributed by atoms with Crippen LogP contribution in [0, 0.1) is 0 Å². The van der Waals surface area contributed by atoms with Crippen molar-refractivity contribution in [3.8, 4) is 0 Å². The Labute approximate surface area is 118 Å². The minimum absolute atomic E-state index is 0.0166. The minimum Gasteiger partial charge on any atom is -0.349 e. The molecular weight excluding hydrogens is 282 g/mol. The highest BCUT2D eigenvalue weighted by molar-refractivity contribution is 7.98. The standard InChI is InChI=1S/C13H19NO3S2/c1-4-19(16,17)9-13(15)14-10(2)11-5-7-12(18-3)8-6-11/h5-8,10H,4,9H2,1-3H3,(H,14,15). The van der Waals surface area contributed by atoms with Crippen LogP contribution in [0.1, 0.15) is 25.5 Å². The number of thioether (sulfide) groups is 1. The number of nitrogens with one attached hydrogen (secondary N) is 1. The molecule has 0 aliphatic rings. The van der Waals surface area contributed by atoms with Gasteiger partial charge in [-0.3, -0.25) is 4.79 Å². The quantitative estimate of drug-likeness (QED) is 0.817. The molecule has 1 aromatic carbocycles. The van der Waals surface area contributed by atoms with Crippen molar-refractivity contribution in [3.05, 3.63) is 29.8 Å². The summed E-state index contributed by atoms with van der Waals surface area (Å²) in [5.41, 5.74) is 0.958. The molecule has 4 nitrogen and oxygen atoms in total. The van der Waals surface area contributed by atoms with Gasteiger partial charge in [-0.15, -0.1) is 11.8 Å². The van der Waals surface area contributed by atoms with E-state index in [1.165, 1.54) is 6.92 Å². The van der Waals surface area contributed by atoms with Crippen LogP contribution in [0.15, 0.2) is 29.2 Å². The Morgan fingerprint density at radius 3 is 2.37 bits per heavy atom. The fraction of sp³-hybridized carbons (Fsp3) is 0.462. The number of hydrogen-bond acceptors (Lipinski definition) is 4. The molecule has 0 aromatic heterocycles. The van der Waals surface area contributed by atoms with Crippen LogP contribution in [-0.2, 0) is 14.6 Å². The van der Waals surface area contributed by atoms with E-state index in [0.29, 0.717) is 0 Å². The first-order valence-electron chi connectivity index (χ1n) is 6.01. The zero-order valence-electron chi connectivity index (χ0n) is 11.3. The second-order valence-electron chi connectivity index (χ2n) is 4.24. The first-order valence-corrected chi connectivity index (χ1v) is 9.06. The summed E-state index contributed by atoms with van der Waals surface area (Å²) in [5.74, 6) is -0.920. The molecule has 1 aromatic rings. The molecule has 1 amide bonds. The van der Waals surface area contributed by atoms with E-state index in [1.807, 2.05) is 37.4 Å². The zero-order chi connectivity index (χ0) is 14.5. The smallest absolute Gasteiger partial charge is 0.235 e. The van der Waals surface area contributed by atoms with Gasteiger partial charge >= 0.3 is 0 Å². The number of amides is 1. The van der Waals surface area contributed by atoms with Crippen molar-refractivity contribution in [1.29, 1.82) is 0 Å². The lowest BCUT2D eigenvalue weighted by Crippen LogP contribution is -2.32. The SMILES string of the molecule is CCS(=O)(=O)CC(=O)NC(C)c1ccc(SC)cc1. The molecule has 0 aliphatic carbocycles. The maximum atomic E-state index is 11.6. The van der Waals surface area contributed by atoms with E-state index in [9.17, 15) is 13.2 Å². The summed E-state index contributed by atoms with van der Waals surface area (Å²) in [5, 5.41) is 2.70. The highest BCUT2D eigenvalue weighted by Gasteiger charge is 2.16. The van der Waals surface area contributed by atoms with E-state index in [0.717, 1.165) is 10.5 Å². The molecule has 1 atom stereocenters. The van der Waals surface area contributed by atoms with Crippen LogP contribution in [0.2, 0.25) is 0 Å². The molecule has 6 heteroatoms. The van der Waals surface area contributed by atoms with Crippen LogP contribution in [0.4, 0.5) is 0 Å². The number of hydrogen-bond donors (Lipinski definition) is 1. The first kappa shape index (κ1) is 16.0. The topological polar surface area (TPSA) is 63.2 Å². The van der Waals surface area contributed by atoms with E-state index < -0.39 is 21.5 Å². The Hall–Kier alpha value is -1.01. The molecule has 0 spiro atoms. The van der Waals surface area contributed by atoms with Gasteiger partial charge in [0.15, 0.2) is 9.84 Å². The molecule has 0 fully saturated rings. The van der Waals surface area contributed by atoms with Crippen molar-refractivity contribution in [3.63, 3.8) is 0 Å². The number of sulfone groups is 1. The van der Waals surface area contributed by atoms with Gasteiger partial charge in [0.2, 0.25) is 5.91 Å². The van der Waals surface area contributed by atoms with Crippen molar-refractivity contribution in [2.24, 2.45) is 0 Å². The molecule has 0 heterocycles. The van der Waals surface area contributed by atoms with Crippen LogP contribution in [0.25, 0.3) is 0 Å². The largest absolute Gasteiger partial charge is 0.349 e. The Morgan fingerprint density at radius 1 is 1.32 bits per heavy atom. The van der Waals surface area contributed by atoms with Gasteiger partial charge in [-0.1, -0.05) is 19.1 Å². The predicted molar refractivity (Wildman–Crippen MR) is 79.1 cm³/mol. The van der Waals surface area contributed by atoms with Crippen molar-refractivity contribution in [1.82, 2.24) is 5.32 Å². The number of carbonyl (C=O) groups is 1. The summed E-state index contributed by atoms with van der Waals surface area (Å²) < 4.78 is 22.7. The van der Waals surface area contributed by atoms with E-state index in [-0.39, 0.29) is 11.8 Å². The molecule has 0 saturated heterocycles. The maximum absolute atomic E-state index is 11.6. The number of carbonyl (C=O) groups excluding carboxylic acids is 1. The van der Waals surface area contributed by atoms with Crippen LogP contribution in [0.3, 0.4) is 0 Å². The van der Waals surface area contributed by atoms with Crippen molar-refractivity contribution in [2.45, 2.75) is 24.8 Å². The second kappa shape index (κ2) is 6.96. The Balaban J connectivity index is 2.63. The predicted octanol–water partition coefficient (Wildman–Crippen LogP) is 2.02. The third-order valence-corrected chi connectivity index (χ3v) is 5.11. The fourth-order valence-electron chi connectivity index (χ4n) is 1.56. The van der Waals surface area contributed by atoms with E-state index in [4.69, 9.17) is 0 Å². The summed E-state index contributed by atoms with van der Waals surface area (Å²) in [4.78, 5) is 12.8. The summed E-state index contributed by atoms with van der Waals surface area (Å²) in [6, 6.07) is 7.63. The van der Waals surface area contributed by atoms with Gasteiger partial charge in [0.05, 0.1) is 6.04 Å². The Kier molecular flexibility index (Phi) is 5.87. The molecule has 1 N–H and O–H groups in total. The molecule has 0 bridgehead atoms. The molecule has 0 radical (unpaired) electrons. The lowest BCUT2D eigenvalue weighted by molar-refractivity contribution is -0.119. The second-order valence-corrected chi connectivity index (χ2v) is 7.47. The average Bonchev–Trinajstić information content (AvgIpc) is 2.38. The molecule has 106 valence electrons. The third-order valence-electron chi connectivity index (χ3n) is 2.78. The van der Waals surface area contributed by atoms with Crippen LogP contribution >= 0.6 is 11.8 Å². The van der Waals surface area contributed by atoms with E-state index >= 15 is 0 Å². The van der Waals surface area contributed by atoms with Crippen LogP contribution in [0.5, 0.6) is 0 Å². The molecule has 0 aliphatic heterocycles. The number of rotatable bonds is 6. The molecule has 1 unspecified atom stereocenters. The van der Waals surface area contributed by atoms with Crippen molar-refractivity contribution >= 4 is 27.5 Å². The highest BCUT2D eigenvalue weighted by Crippen LogP contribution is 2.18. The van der Waals surface area contributed by atoms with Gasteiger partial charge < -0.3 is 5.32 Å². The lowest BCUT2D eigenvalue weighted by Gasteiger charge is -2.14. The van der Waals surface area contributed by atoms with E-state index in [2.05, 4.69) is 5.32 Å². The minimum atomic E-state index is -3.27. The van der Waals surface area contributed by atoms with Crippen LogP contribution in [-0.4, -0.2) is 32.1 Å². The normalized spacial score (nSPS) is 13.0. The highest BCUT2D eigenvalue weighted by atomic mass is 32.2. The molecule has 1 rings (SSSR count). The first-order chi connectivity index (χ1) is 8.88. The van der Waals surface area contributed by atoms with Gasteiger partial charge in [-0.05, 0) is 30.9 Å².